The Bertz CT molecular complexity index is 389. The number of carbonyl (C=O) groups is 1. The van der Waals surface area contributed by atoms with Crippen LogP contribution in [0, 0.1) is 0 Å². The second-order valence-corrected chi connectivity index (χ2v) is 4.55. The van der Waals surface area contributed by atoms with Crippen LogP contribution in [0.5, 0.6) is 5.75 Å². The van der Waals surface area contributed by atoms with Gasteiger partial charge >= 0.3 is 0 Å². The molecule has 106 valence electrons. The fourth-order valence-electron chi connectivity index (χ4n) is 1.38. The van der Waals surface area contributed by atoms with Crippen LogP contribution >= 0.6 is 0 Å². The molecule has 19 heavy (non-hydrogen) atoms. The Hall–Kier alpha value is -1.59. The minimum absolute atomic E-state index is 0.0894. The summed E-state index contributed by atoms with van der Waals surface area (Å²) in [4.78, 5) is 10.9. The number of aliphatic hydroxyl groups is 1. The van der Waals surface area contributed by atoms with Crippen LogP contribution in [0.25, 0.3) is 0 Å². The van der Waals surface area contributed by atoms with Crippen LogP contribution in [0.2, 0.25) is 0 Å². The highest BCUT2D eigenvalue weighted by atomic mass is 16.5. The molecule has 1 amide bonds. The van der Waals surface area contributed by atoms with E-state index in [1.165, 1.54) is 6.92 Å². The minimum Gasteiger partial charge on any atom is -0.491 e. The molecule has 0 aliphatic rings. The zero-order valence-electron chi connectivity index (χ0n) is 11.6. The summed E-state index contributed by atoms with van der Waals surface area (Å²) < 4.78 is 10.7. The number of benzene rings is 1. The van der Waals surface area contributed by atoms with Crippen molar-refractivity contribution < 1.29 is 19.4 Å². The molecule has 0 aliphatic carbocycles. The number of hydrogen-bond acceptors (Lipinski definition) is 4. The van der Waals surface area contributed by atoms with Crippen LogP contribution in [-0.4, -0.2) is 36.4 Å². The van der Waals surface area contributed by atoms with Crippen molar-refractivity contribution in [3.63, 3.8) is 0 Å². The van der Waals surface area contributed by atoms with Gasteiger partial charge in [0.05, 0.1) is 12.7 Å². The lowest BCUT2D eigenvalue weighted by Crippen LogP contribution is -2.25. The molecular formula is C14H21NO4. The molecule has 1 atom stereocenters. The normalized spacial score (nSPS) is 12.3. The fourth-order valence-corrected chi connectivity index (χ4v) is 1.38. The molecule has 0 aliphatic heterocycles. The van der Waals surface area contributed by atoms with Crippen LogP contribution in [0.15, 0.2) is 24.3 Å². The predicted octanol–water partition coefficient (Wildman–Crippen LogP) is 1.81. The van der Waals surface area contributed by atoms with Gasteiger partial charge in [0.25, 0.3) is 0 Å². The van der Waals surface area contributed by atoms with E-state index in [1.54, 1.807) is 24.3 Å². The molecule has 1 unspecified atom stereocenters. The molecule has 5 heteroatoms. The third kappa shape index (κ3) is 6.79. The molecule has 0 aromatic heterocycles. The van der Waals surface area contributed by atoms with E-state index in [-0.39, 0.29) is 25.2 Å². The van der Waals surface area contributed by atoms with Crippen molar-refractivity contribution in [1.29, 1.82) is 0 Å². The van der Waals surface area contributed by atoms with Gasteiger partial charge in [0, 0.05) is 12.6 Å². The monoisotopic (exact) mass is 267 g/mol. The molecule has 0 saturated heterocycles. The van der Waals surface area contributed by atoms with Gasteiger partial charge in [-0.2, -0.15) is 0 Å². The second-order valence-electron chi connectivity index (χ2n) is 4.55. The Morgan fingerprint density at radius 3 is 2.42 bits per heavy atom. The lowest BCUT2D eigenvalue weighted by atomic mass is 10.3. The van der Waals surface area contributed by atoms with Crippen LogP contribution in [0.4, 0.5) is 5.69 Å². The van der Waals surface area contributed by atoms with Crippen molar-refractivity contribution >= 4 is 11.6 Å². The van der Waals surface area contributed by atoms with Crippen molar-refractivity contribution in [3.05, 3.63) is 24.3 Å². The smallest absolute Gasteiger partial charge is 0.221 e. The van der Waals surface area contributed by atoms with Crippen LogP contribution < -0.4 is 10.1 Å². The maximum atomic E-state index is 10.9. The Morgan fingerprint density at radius 2 is 1.89 bits per heavy atom. The quantitative estimate of drug-likeness (QED) is 0.790. The minimum atomic E-state index is -0.655. The summed E-state index contributed by atoms with van der Waals surface area (Å²) in [7, 11) is 0. The summed E-state index contributed by atoms with van der Waals surface area (Å²) in [5.41, 5.74) is 0.712. The first-order chi connectivity index (χ1) is 8.97. The van der Waals surface area contributed by atoms with E-state index in [1.807, 2.05) is 13.8 Å². The molecule has 0 radical (unpaired) electrons. The first kappa shape index (κ1) is 15.5. The SMILES string of the molecule is CC(=O)Nc1ccc(OCC(O)COC(C)C)cc1. The number of ether oxygens (including phenoxy) is 2. The van der Waals surface area contributed by atoms with E-state index in [0.29, 0.717) is 11.4 Å². The van der Waals surface area contributed by atoms with E-state index in [0.717, 1.165) is 0 Å². The number of nitrogens with one attached hydrogen (secondary N) is 1. The first-order valence-corrected chi connectivity index (χ1v) is 6.27. The zero-order chi connectivity index (χ0) is 14.3. The van der Waals surface area contributed by atoms with Crippen molar-refractivity contribution in [3.8, 4) is 5.75 Å². The van der Waals surface area contributed by atoms with E-state index in [4.69, 9.17) is 9.47 Å². The Labute approximate surface area is 113 Å². The molecule has 0 bridgehead atoms. The average molecular weight is 267 g/mol. The molecule has 1 rings (SSSR count). The van der Waals surface area contributed by atoms with E-state index < -0.39 is 6.10 Å². The highest BCUT2D eigenvalue weighted by Gasteiger charge is 2.07. The maximum absolute atomic E-state index is 10.9. The number of carbonyl (C=O) groups excluding carboxylic acids is 1. The van der Waals surface area contributed by atoms with Gasteiger partial charge in [-0.15, -0.1) is 0 Å². The highest BCUT2D eigenvalue weighted by Crippen LogP contribution is 2.15. The van der Waals surface area contributed by atoms with E-state index >= 15 is 0 Å². The van der Waals surface area contributed by atoms with Gasteiger partial charge in [-0.1, -0.05) is 0 Å². The Kier molecular flexibility index (Phi) is 6.32. The molecule has 2 N–H and O–H groups in total. The zero-order valence-corrected chi connectivity index (χ0v) is 11.6. The molecular weight excluding hydrogens is 246 g/mol. The van der Waals surface area contributed by atoms with Gasteiger partial charge in [0.15, 0.2) is 0 Å². The third-order valence-electron chi connectivity index (χ3n) is 2.24. The van der Waals surface area contributed by atoms with E-state index in [2.05, 4.69) is 5.32 Å². The van der Waals surface area contributed by atoms with Gasteiger partial charge in [0.1, 0.15) is 18.5 Å². The molecule has 0 heterocycles. The van der Waals surface area contributed by atoms with Crippen molar-refractivity contribution in [2.45, 2.75) is 33.0 Å². The topological polar surface area (TPSA) is 67.8 Å². The Balaban J connectivity index is 2.35. The third-order valence-corrected chi connectivity index (χ3v) is 2.24. The first-order valence-electron chi connectivity index (χ1n) is 6.27. The van der Waals surface area contributed by atoms with E-state index in [9.17, 15) is 9.90 Å². The number of rotatable bonds is 7. The molecule has 0 spiro atoms. The highest BCUT2D eigenvalue weighted by molar-refractivity contribution is 5.88. The van der Waals surface area contributed by atoms with Crippen LogP contribution in [-0.2, 0) is 9.53 Å². The second kappa shape index (κ2) is 7.76. The van der Waals surface area contributed by atoms with Crippen LogP contribution in [0.1, 0.15) is 20.8 Å². The molecule has 1 aromatic carbocycles. The van der Waals surface area contributed by atoms with Gasteiger partial charge < -0.3 is 19.9 Å². The van der Waals surface area contributed by atoms with Crippen molar-refractivity contribution in [1.82, 2.24) is 0 Å². The van der Waals surface area contributed by atoms with Crippen LogP contribution in [0.3, 0.4) is 0 Å². The summed E-state index contributed by atoms with van der Waals surface area (Å²) in [5, 5.41) is 12.3. The standard InChI is InChI=1S/C14H21NO4/c1-10(2)18-8-13(17)9-19-14-6-4-12(5-7-14)15-11(3)16/h4-7,10,13,17H,8-9H2,1-3H3,(H,15,16). The Morgan fingerprint density at radius 1 is 1.26 bits per heavy atom. The summed E-state index contributed by atoms with van der Waals surface area (Å²) >= 11 is 0. The largest absolute Gasteiger partial charge is 0.491 e. The fraction of sp³-hybridized carbons (Fsp3) is 0.500. The van der Waals surface area contributed by atoms with Gasteiger partial charge in [-0.25, -0.2) is 0 Å². The molecule has 0 fully saturated rings. The van der Waals surface area contributed by atoms with Crippen molar-refractivity contribution in [2.75, 3.05) is 18.5 Å². The number of anilines is 1. The summed E-state index contributed by atoms with van der Waals surface area (Å²) in [6.07, 6.45) is -0.566. The lowest BCUT2D eigenvalue weighted by Gasteiger charge is -2.14. The van der Waals surface area contributed by atoms with Crippen molar-refractivity contribution in [2.24, 2.45) is 0 Å². The molecule has 5 nitrogen and oxygen atoms in total. The van der Waals surface area contributed by atoms with Gasteiger partial charge in [-0.05, 0) is 38.1 Å². The summed E-state index contributed by atoms with van der Waals surface area (Å²) in [6, 6.07) is 6.96. The molecule has 1 aromatic rings. The number of aliphatic hydroxyl groups excluding tert-OH is 1. The summed E-state index contributed by atoms with van der Waals surface area (Å²) in [6.45, 7) is 5.70. The average Bonchev–Trinajstić information content (AvgIpc) is 2.35. The van der Waals surface area contributed by atoms with Gasteiger partial charge in [-0.3, -0.25) is 4.79 Å². The predicted molar refractivity (Wildman–Crippen MR) is 73.3 cm³/mol. The number of hydrogen-bond donors (Lipinski definition) is 2. The summed E-state index contributed by atoms with van der Waals surface area (Å²) in [5.74, 6) is 0.521. The van der Waals surface area contributed by atoms with Gasteiger partial charge in [0.2, 0.25) is 5.91 Å². The number of amides is 1. The molecule has 0 saturated carbocycles. The lowest BCUT2D eigenvalue weighted by molar-refractivity contribution is -0.114. The maximum Gasteiger partial charge on any atom is 0.221 e.